The molecule has 0 spiro atoms. The zero-order valence-corrected chi connectivity index (χ0v) is 8.23. The van der Waals surface area contributed by atoms with Gasteiger partial charge in [-0.15, -0.1) is 11.6 Å². The van der Waals surface area contributed by atoms with Gasteiger partial charge in [0.2, 0.25) is 0 Å². The predicted octanol–water partition coefficient (Wildman–Crippen LogP) is 3.55. The molecule has 12 heavy (non-hydrogen) atoms. The van der Waals surface area contributed by atoms with Crippen LogP contribution in [-0.2, 0) is 4.87 Å². The van der Waals surface area contributed by atoms with E-state index in [-0.39, 0.29) is 10.3 Å². The molecule has 0 aliphatic heterocycles. The monoisotopic (exact) mass is 180 g/mol. The van der Waals surface area contributed by atoms with Crippen LogP contribution in [0.15, 0.2) is 30.3 Å². The molecule has 0 aromatic heterocycles. The van der Waals surface area contributed by atoms with Crippen molar-refractivity contribution < 1.29 is 0 Å². The van der Waals surface area contributed by atoms with Gasteiger partial charge in [-0.25, -0.2) is 0 Å². The van der Waals surface area contributed by atoms with E-state index >= 15 is 0 Å². The summed E-state index contributed by atoms with van der Waals surface area (Å²) in [4.78, 5) is -0.0890. The average molecular weight is 181 g/mol. The van der Waals surface area contributed by atoms with Gasteiger partial charge in [-0.05, 0) is 17.4 Å². The summed E-state index contributed by atoms with van der Waals surface area (Å²) in [7, 11) is 0. The van der Waals surface area contributed by atoms with Crippen LogP contribution in [0, 0.1) is 5.41 Å². The van der Waals surface area contributed by atoms with Crippen molar-refractivity contribution in [2.45, 2.75) is 25.1 Å². The van der Waals surface area contributed by atoms with Gasteiger partial charge in [-0.3, -0.25) is 0 Å². The molecule has 0 heterocycles. The Morgan fingerprint density at radius 2 is 1.67 bits per heavy atom. The smallest absolute Gasteiger partial charge is 0.0752 e. The zero-order chi connectivity index (χ0) is 8.82. The molecule has 1 aromatic rings. The first kappa shape index (κ1) is 8.12. The summed E-state index contributed by atoms with van der Waals surface area (Å²) in [6.45, 7) is 4.43. The molecule has 64 valence electrons. The standard InChI is InChI=1S/C11H13Cl/c1-10(2)8-11(10,12)9-6-4-3-5-7-9/h3-7H,8H2,1-2H3. The maximum atomic E-state index is 6.46. The van der Waals surface area contributed by atoms with E-state index in [1.165, 1.54) is 5.56 Å². The fourth-order valence-corrected chi connectivity index (χ4v) is 2.22. The first-order valence-corrected chi connectivity index (χ1v) is 4.68. The summed E-state index contributed by atoms with van der Waals surface area (Å²) < 4.78 is 0. The van der Waals surface area contributed by atoms with Crippen LogP contribution in [0.25, 0.3) is 0 Å². The van der Waals surface area contributed by atoms with Crippen LogP contribution in [0.5, 0.6) is 0 Å². The van der Waals surface area contributed by atoms with E-state index in [4.69, 9.17) is 11.6 Å². The normalized spacial score (nSPS) is 31.6. The lowest BCUT2D eigenvalue weighted by atomic mass is 10.0. The Morgan fingerprint density at radius 1 is 1.17 bits per heavy atom. The van der Waals surface area contributed by atoms with Gasteiger partial charge in [-0.2, -0.15) is 0 Å². The Labute approximate surface area is 78.6 Å². The number of alkyl halides is 1. The van der Waals surface area contributed by atoms with Gasteiger partial charge in [-0.1, -0.05) is 44.2 Å². The minimum atomic E-state index is -0.0890. The van der Waals surface area contributed by atoms with Gasteiger partial charge in [0.05, 0.1) is 4.87 Å². The van der Waals surface area contributed by atoms with E-state index in [1.54, 1.807) is 0 Å². The van der Waals surface area contributed by atoms with Crippen LogP contribution >= 0.6 is 11.6 Å². The van der Waals surface area contributed by atoms with Crippen molar-refractivity contribution in [2.24, 2.45) is 5.41 Å². The SMILES string of the molecule is CC1(C)CC1(Cl)c1ccccc1. The molecular formula is C11H13Cl. The molecule has 1 fully saturated rings. The van der Waals surface area contributed by atoms with Crippen LogP contribution in [0.3, 0.4) is 0 Å². The molecule has 1 aliphatic carbocycles. The van der Waals surface area contributed by atoms with Gasteiger partial charge < -0.3 is 0 Å². The van der Waals surface area contributed by atoms with Gasteiger partial charge in [0.25, 0.3) is 0 Å². The number of benzene rings is 1. The maximum Gasteiger partial charge on any atom is 0.0752 e. The third kappa shape index (κ3) is 0.980. The fraction of sp³-hybridized carbons (Fsp3) is 0.455. The van der Waals surface area contributed by atoms with Gasteiger partial charge >= 0.3 is 0 Å². The van der Waals surface area contributed by atoms with E-state index in [0.717, 1.165) is 6.42 Å². The molecule has 1 aliphatic rings. The van der Waals surface area contributed by atoms with E-state index < -0.39 is 0 Å². The van der Waals surface area contributed by atoms with Crippen LogP contribution < -0.4 is 0 Å². The molecule has 0 nitrogen and oxygen atoms in total. The van der Waals surface area contributed by atoms with Crippen molar-refractivity contribution >= 4 is 11.6 Å². The van der Waals surface area contributed by atoms with Crippen molar-refractivity contribution in [1.29, 1.82) is 0 Å². The second-order valence-electron chi connectivity index (χ2n) is 4.23. The minimum Gasteiger partial charge on any atom is -0.113 e. The quantitative estimate of drug-likeness (QED) is 0.580. The fourth-order valence-electron chi connectivity index (χ4n) is 1.76. The molecule has 1 heteroatoms. The van der Waals surface area contributed by atoms with Crippen LogP contribution in [0.1, 0.15) is 25.8 Å². The summed E-state index contributed by atoms with van der Waals surface area (Å²) >= 11 is 6.46. The van der Waals surface area contributed by atoms with E-state index in [1.807, 2.05) is 18.2 Å². The van der Waals surface area contributed by atoms with E-state index in [2.05, 4.69) is 26.0 Å². The van der Waals surface area contributed by atoms with Crippen molar-refractivity contribution in [3.05, 3.63) is 35.9 Å². The van der Waals surface area contributed by atoms with Crippen molar-refractivity contribution in [2.75, 3.05) is 0 Å². The lowest BCUT2D eigenvalue weighted by Crippen LogP contribution is -2.05. The molecule has 0 bridgehead atoms. The molecule has 1 atom stereocenters. The van der Waals surface area contributed by atoms with Crippen LogP contribution in [0.4, 0.5) is 0 Å². The number of hydrogen-bond acceptors (Lipinski definition) is 0. The van der Waals surface area contributed by atoms with E-state index in [0.29, 0.717) is 0 Å². The van der Waals surface area contributed by atoms with Crippen LogP contribution in [-0.4, -0.2) is 0 Å². The van der Waals surface area contributed by atoms with E-state index in [9.17, 15) is 0 Å². The molecular weight excluding hydrogens is 168 g/mol. The second-order valence-corrected chi connectivity index (χ2v) is 4.87. The number of halogens is 1. The Balaban J connectivity index is 2.35. The largest absolute Gasteiger partial charge is 0.113 e. The maximum absolute atomic E-state index is 6.46. The Morgan fingerprint density at radius 3 is 2.08 bits per heavy atom. The molecule has 0 radical (unpaired) electrons. The number of rotatable bonds is 1. The lowest BCUT2D eigenvalue weighted by molar-refractivity contribution is 0.595. The summed E-state index contributed by atoms with van der Waals surface area (Å²) in [6, 6.07) is 10.4. The Bertz CT molecular complexity index is 289. The average Bonchev–Trinajstić information content (AvgIpc) is 2.55. The van der Waals surface area contributed by atoms with Crippen LogP contribution in [0.2, 0.25) is 0 Å². The van der Waals surface area contributed by atoms with Gasteiger partial charge in [0.15, 0.2) is 0 Å². The predicted molar refractivity (Wildman–Crippen MR) is 52.4 cm³/mol. The third-order valence-electron chi connectivity index (χ3n) is 2.86. The number of hydrogen-bond donors (Lipinski definition) is 0. The third-order valence-corrected chi connectivity index (χ3v) is 3.73. The topological polar surface area (TPSA) is 0 Å². The first-order valence-electron chi connectivity index (χ1n) is 4.31. The molecule has 2 rings (SSSR count). The summed E-state index contributed by atoms with van der Waals surface area (Å²) in [5.41, 5.74) is 1.53. The summed E-state index contributed by atoms with van der Waals surface area (Å²) in [6.07, 6.45) is 1.09. The Hall–Kier alpha value is -0.490. The minimum absolute atomic E-state index is 0.0890. The highest BCUT2D eigenvalue weighted by Crippen LogP contribution is 2.67. The summed E-state index contributed by atoms with van der Waals surface area (Å²) in [5.74, 6) is 0. The molecule has 0 amide bonds. The molecule has 1 aromatic carbocycles. The zero-order valence-electron chi connectivity index (χ0n) is 7.47. The van der Waals surface area contributed by atoms with Gasteiger partial charge in [0.1, 0.15) is 0 Å². The molecule has 1 unspecified atom stereocenters. The highest BCUT2D eigenvalue weighted by atomic mass is 35.5. The van der Waals surface area contributed by atoms with Gasteiger partial charge in [0, 0.05) is 0 Å². The van der Waals surface area contributed by atoms with Crippen molar-refractivity contribution in [3.63, 3.8) is 0 Å². The Kier molecular flexibility index (Phi) is 1.53. The molecule has 0 N–H and O–H groups in total. The highest BCUT2D eigenvalue weighted by molar-refractivity contribution is 6.26. The molecule has 1 saturated carbocycles. The molecule has 0 saturated heterocycles. The summed E-state index contributed by atoms with van der Waals surface area (Å²) in [5, 5.41) is 0. The van der Waals surface area contributed by atoms with Crippen molar-refractivity contribution in [1.82, 2.24) is 0 Å². The first-order chi connectivity index (χ1) is 5.56. The second kappa shape index (κ2) is 2.26. The van der Waals surface area contributed by atoms with Crippen molar-refractivity contribution in [3.8, 4) is 0 Å². The highest BCUT2D eigenvalue weighted by Gasteiger charge is 2.60. The lowest BCUT2D eigenvalue weighted by Gasteiger charge is -2.12.